The maximum absolute atomic E-state index is 11.9. The summed E-state index contributed by atoms with van der Waals surface area (Å²) in [7, 11) is -6.83. The van der Waals surface area contributed by atoms with Crippen molar-refractivity contribution in [2.45, 2.75) is 25.9 Å². The van der Waals surface area contributed by atoms with Gasteiger partial charge in [-0.1, -0.05) is 4.31 Å². The fourth-order valence-corrected chi connectivity index (χ4v) is 1.80. The molecule has 0 rings (SSSR count). The topological polar surface area (TPSA) is 40.6 Å². The number of alkyl halides is 9. The highest BCUT2D eigenvalue weighted by Crippen LogP contribution is 2.32. The molecule has 0 fully saturated rings. The quantitative estimate of drug-likeness (QED) is 0.575. The summed E-state index contributed by atoms with van der Waals surface area (Å²) in [5.41, 5.74) is 0. The van der Waals surface area contributed by atoms with Crippen LogP contribution in [0.1, 0.15) is 0 Å². The summed E-state index contributed by atoms with van der Waals surface area (Å²) in [4.78, 5) is 0. The summed E-state index contributed by atoms with van der Waals surface area (Å²) < 4.78 is 123. The molecule has 0 aromatic heterocycles. The van der Waals surface area contributed by atoms with Crippen molar-refractivity contribution in [1.82, 2.24) is 8.61 Å². The van der Waals surface area contributed by atoms with Gasteiger partial charge in [-0.25, -0.2) is 0 Å². The molecule has 0 heterocycles. The lowest BCUT2D eigenvalue weighted by molar-refractivity contribution is -0.256. The lowest BCUT2D eigenvalue weighted by Crippen LogP contribution is -2.55. The van der Waals surface area contributed by atoms with Gasteiger partial charge in [0.2, 0.25) is 0 Å². The van der Waals surface area contributed by atoms with Gasteiger partial charge in [0.05, 0.1) is 0 Å². The predicted octanol–water partition coefficient (Wildman–Crippen LogP) is 2.02. The van der Waals surface area contributed by atoms with Crippen LogP contribution >= 0.6 is 0 Å². The zero-order chi connectivity index (χ0) is 14.9. The molecule has 18 heavy (non-hydrogen) atoms. The molecule has 0 radical (unpaired) electrons. The minimum atomic E-state index is -6.83. The van der Waals surface area contributed by atoms with Crippen LogP contribution in [0.4, 0.5) is 39.5 Å². The molecule has 0 saturated carbocycles. The molecule has 110 valence electrons. The maximum Gasteiger partial charge on any atom is 0.479 e. The summed E-state index contributed by atoms with van der Waals surface area (Å²) in [6, 6.07) is 0. The third-order valence-corrected chi connectivity index (χ3v) is 3.04. The molecule has 0 atom stereocenters. The van der Waals surface area contributed by atoms with Crippen molar-refractivity contribution in [1.29, 1.82) is 0 Å². The number of rotatable bonds is 5. The molecule has 0 amide bonds. The number of halogens is 9. The zero-order valence-electron chi connectivity index (χ0n) is 7.75. The fraction of sp³-hybridized carbons (Fsp3) is 1.00. The molecule has 0 N–H and O–H groups in total. The lowest BCUT2D eigenvalue weighted by atomic mass is 11.0. The van der Waals surface area contributed by atoms with E-state index in [1.54, 1.807) is 0 Å². The van der Waals surface area contributed by atoms with E-state index in [2.05, 4.69) is 0 Å². The molecule has 0 spiro atoms. The smallest absolute Gasteiger partial charge is 0.194 e. The molecule has 4 nitrogen and oxygen atoms in total. The van der Waals surface area contributed by atoms with Crippen LogP contribution < -0.4 is 0 Å². The normalized spacial score (nSPS) is 14.6. The summed E-state index contributed by atoms with van der Waals surface area (Å²) >= 11 is 0. The van der Waals surface area contributed by atoms with Crippen molar-refractivity contribution in [2.75, 3.05) is 0 Å². The van der Waals surface area contributed by atoms with Gasteiger partial charge < -0.3 is 0 Å². The van der Waals surface area contributed by atoms with E-state index in [-0.39, 0.29) is 0 Å². The highest BCUT2D eigenvalue weighted by Gasteiger charge is 2.56. The first-order valence-electron chi connectivity index (χ1n) is 3.57. The van der Waals surface area contributed by atoms with Gasteiger partial charge in [-0.2, -0.15) is 47.9 Å². The highest BCUT2D eigenvalue weighted by molar-refractivity contribution is 7.86. The molecule has 0 unspecified atom stereocenters. The molecule has 0 aromatic carbocycles. The van der Waals surface area contributed by atoms with Crippen LogP contribution in [0.5, 0.6) is 0 Å². The Balaban J connectivity index is 5.71. The molecule has 14 heteroatoms. The van der Waals surface area contributed by atoms with E-state index in [4.69, 9.17) is 0 Å². The van der Waals surface area contributed by atoms with Crippen molar-refractivity contribution in [2.24, 2.45) is 0 Å². The summed E-state index contributed by atoms with van der Waals surface area (Å²) in [6.07, 6.45) is -6.34. The molecule has 0 aromatic rings. The van der Waals surface area contributed by atoms with Gasteiger partial charge in [-0.05, 0) is 4.31 Å². The Kier molecular flexibility index (Phi) is 5.25. The molecule has 0 aliphatic rings. The second-order valence-corrected chi connectivity index (χ2v) is 4.15. The average molecular weight is 314 g/mol. The SMILES string of the molecule is O=S(=O)(N(C(F)F)C(F)F)N(C(F)F)C(F)(F)F. The zero-order valence-corrected chi connectivity index (χ0v) is 8.57. The summed E-state index contributed by atoms with van der Waals surface area (Å²) in [6.45, 7) is -14.1. The summed E-state index contributed by atoms with van der Waals surface area (Å²) in [5.74, 6) is 0. The van der Waals surface area contributed by atoms with Gasteiger partial charge in [0.1, 0.15) is 0 Å². The molecule has 0 aliphatic carbocycles. The molecule has 0 bridgehead atoms. The minimum absolute atomic E-state index is 2.29. The molecular weight excluding hydrogens is 311 g/mol. The van der Waals surface area contributed by atoms with Crippen molar-refractivity contribution in [3.63, 3.8) is 0 Å². The average Bonchev–Trinajstić information content (AvgIpc) is 1.93. The third kappa shape index (κ3) is 3.61. The van der Waals surface area contributed by atoms with Crippen LogP contribution in [-0.2, 0) is 10.2 Å². The van der Waals surface area contributed by atoms with Crippen molar-refractivity contribution >= 4 is 10.2 Å². The number of hydrogen-bond donors (Lipinski definition) is 0. The summed E-state index contributed by atoms with van der Waals surface area (Å²) in [5, 5.41) is 0. The number of nitrogens with zero attached hydrogens (tertiary/aromatic N) is 2. The maximum atomic E-state index is 11.9. The van der Waals surface area contributed by atoms with Crippen molar-refractivity contribution in [3.8, 4) is 0 Å². The van der Waals surface area contributed by atoms with E-state index >= 15 is 0 Å². The Bertz CT molecular complexity index is 357. The lowest BCUT2D eigenvalue weighted by Gasteiger charge is -2.28. The fourth-order valence-electron chi connectivity index (χ4n) is 0.730. The first kappa shape index (κ1) is 17.2. The van der Waals surface area contributed by atoms with E-state index in [0.717, 1.165) is 0 Å². The Hall–Kier alpha value is -0.760. The predicted molar refractivity (Wildman–Crippen MR) is 36.7 cm³/mol. The van der Waals surface area contributed by atoms with Crippen LogP contribution in [0.25, 0.3) is 0 Å². The van der Waals surface area contributed by atoms with E-state index in [1.807, 2.05) is 0 Å². The second-order valence-electron chi connectivity index (χ2n) is 2.43. The second kappa shape index (κ2) is 5.48. The molecule has 0 saturated heterocycles. The van der Waals surface area contributed by atoms with Crippen LogP contribution in [0.15, 0.2) is 0 Å². The molecule has 0 aliphatic heterocycles. The largest absolute Gasteiger partial charge is 0.479 e. The van der Waals surface area contributed by atoms with E-state index < -0.39 is 44.8 Å². The first-order valence-corrected chi connectivity index (χ1v) is 4.97. The monoisotopic (exact) mass is 314 g/mol. The van der Waals surface area contributed by atoms with Crippen molar-refractivity contribution < 1.29 is 47.9 Å². The van der Waals surface area contributed by atoms with Gasteiger partial charge in [0.25, 0.3) is 0 Å². The van der Waals surface area contributed by atoms with Gasteiger partial charge in [0, 0.05) is 0 Å². The van der Waals surface area contributed by atoms with Crippen LogP contribution in [-0.4, -0.2) is 43.0 Å². The number of hydrogen-bond acceptors (Lipinski definition) is 2. The van der Waals surface area contributed by atoms with Crippen LogP contribution in [0.2, 0.25) is 0 Å². The van der Waals surface area contributed by atoms with Crippen molar-refractivity contribution in [3.05, 3.63) is 0 Å². The van der Waals surface area contributed by atoms with Gasteiger partial charge in [0.15, 0.2) is 0 Å². The Morgan fingerprint density at radius 3 is 1.28 bits per heavy atom. The van der Waals surface area contributed by atoms with Crippen LogP contribution in [0, 0.1) is 0 Å². The molecular formula is C4H3F9N2O2S. The van der Waals surface area contributed by atoms with E-state index in [9.17, 15) is 47.9 Å². The highest BCUT2D eigenvalue weighted by atomic mass is 32.2. The van der Waals surface area contributed by atoms with Gasteiger partial charge >= 0.3 is 36.2 Å². The first-order chi connectivity index (χ1) is 7.83. The standard InChI is InChI=1S/C4H3F9N2O2S/c5-1(6)14(2(7)8)18(16,17)15(3(9)10)4(11,12)13/h1-3H. The van der Waals surface area contributed by atoms with E-state index in [0.29, 0.717) is 0 Å². The van der Waals surface area contributed by atoms with Gasteiger partial charge in [-0.3, -0.25) is 0 Å². The van der Waals surface area contributed by atoms with Gasteiger partial charge in [-0.15, -0.1) is 0 Å². The third-order valence-electron chi connectivity index (χ3n) is 1.33. The Morgan fingerprint density at radius 2 is 1.11 bits per heavy atom. The Labute approximate surface area is 93.7 Å². The minimum Gasteiger partial charge on any atom is -0.194 e. The Morgan fingerprint density at radius 1 is 0.778 bits per heavy atom. The van der Waals surface area contributed by atoms with E-state index in [1.165, 1.54) is 0 Å². The van der Waals surface area contributed by atoms with Crippen LogP contribution in [0.3, 0.4) is 0 Å².